The number of rotatable bonds is 9. The number of nitrogens with one attached hydrogen (secondary N) is 2. The Balaban J connectivity index is -0.000000779. The Kier molecular flexibility index (Phi) is 30.0. The van der Waals surface area contributed by atoms with Crippen molar-refractivity contribution in [3.8, 4) is 11.5 Å². The third-order valence-corrected chi connectivity index (χ3v) is 7.73. The Morgan fingerprint density at radius 3 is 1.45 bits per heavy atom. The van der Waals surface area contributed by atoms with Gasteiger partial charge in [-0.05, 0) is 24.3 Å². The second-order valence-corrected chi connectivity index (χ2v) is 12.6. The number of nitrogens with zero attached hydrogens (tertiary/aromatic N) is 6. The Hall–Kier alpha value is -3.43. The fourth-order valence-corrected chi connectivity index (χ4v) is 4.41. The first-order valence-electron chi connectivity index (χ1n) is 16.0. The molecule has 20 nitrogen and oxygen atoms in total. The number of carbonyl (C=O) groups is 1. The van der Waals surface area contributed by atoms with E-state index < -0.39 is 25.5 Å². The van der Waals surface area contributed by atoms with Gasteiger partial charge in [0, 0.05) is 61.9 Å². The van der Waals surface area contributed by atoms with Crippen LogP contribution in [0, 0.1) is 20.2 Å². The third kappa shape index (κ3) is 21.8. The first kappa shape index (κ1) is 60.7. The molecule has 0 atom stereocenters. The largest absolute Gasteiger partial charge is 1.00 e. The van der Waals surface area contributed by atoms with Crippen LogP contribution in [0.3, 0.4) is 0 Å². The van der Waals surface area contributed by atoms with Gasteiger partial charge < -0.3 is 26.0 Å². The molecule has 4 aromatic carbocycles. The molecule has 2 aliphatic heterocycles. The molecule has 0 saturated carbocycles. The summed E-state index contributed by atoms with van der Waals surface area (Å²) in [5.74, 6) is 0.604. The maximum Gasteiger partial charge on any atom is 1.00 e. The number of alkyl halides is 4. The van der Waals surface area contributed by atoms with Crippen molar-refractivity contribution in [1.29, 1.82) is 0 Å². The van der Waals surface area contributed by atoms with Gasteiger partial charge in [-0.2, -0.15) is 13.2 Å². The first-order valence-corrected chi connectivity index (χ1v) is 17.9. The standard InChI is InChI=1S/C16H16N4O3.C10H12ClN3.C6H5NO3.CHF3O3S.CH2O3.CH4.2K.H/c1-18-16(13-5-3-2-4-6-13)11-19(17-18)12-23-15-9-7-14(8-10-15)20(21)22;1-13-10(7-14(8-11)12-13)9-5-3-2-4-6-9;8-6-3-1-5(2-4-6)7(9)10;2-1(3,4)8(5,6)7;2-1-4-3;;;;/h2-11,17H,12H2,1H3;2-7,12H,8H2,1H3;1-4,8H;(H,5,6,7);1,3H;1H4;;;/q;;;;;;2*+1;-1/p-2. The van der Waals surface area contributed by atoms with Gasteiger partial charge >= 0.3 is 108 Å². The van der Waals surface area contributed by atoms with Gasteiger partial charge in [0.1, 0.15) is 17.5 Å². The van der Waals surface area contributed by atoms with Gasteiger partial charge in [-0.15, -0.1) is 22.7 Å². The van der Waals surface area contributed by atoms with Crippen molar-refractivity contribution in [2.24, 2.45) is 0 Å². The zero-order chi connectivity index (χ0) is 44.2. The summed E-state index contributed by atoms with van der Waals surface area (Å²) in [5, 5.41) is 45.3. The van der Waals surface area contributed by atoms with Gasteiger partial charge in [-0.1, -0.05) is 68.1 Å². The van der Waals surface area contributed by atoms with Gasteiger partial charge in [0.15, 0.2) is 16.8 Å². The molecule has 27 heteroatoms. The second kappa shape index (κ2) is 30.6. The van der Waals surface area contributed by atoms with Crippen molar-refractivity contribution in [1.82, 2.24) is 31.1 Å². The van der Waals surface area contributed by atoms with E-state index in [1.165, 1.54) is 42.0 Å². The number of nitro groups is 2. The fraction of sp³-hybridized carbons (Fsp3) is 0.171. The van der Waals surface area contributed by atoms with Crippen LogP contribution in [0.25, 0.3) is 11.4 Å². The molecule has 328 valence electrons. The Labute approximate surface area is 445 Å². The topological polar surface area (TPSA) is 259 Å². The molecule has 0 fully saturated rings. The van der Waals surface area contributed by atoms with Gasteiger partial charge in [-0.25, -0.2) is 8.42 Å². The van der Waals surface area contributed by atoms with E-state index in [0.717, 1.165) is 17.0 Å². The molecule has 3 N–H and O–H groups in total. The average Bonchev–Trinajstić information content (AvgIpc) is 3.79. The molecule has 2 heterocycles. The molecule has 4 aromatic rings. The van der Waals surface area contributed by atoms with Crippen molar-refractivity contribution >= 4 is 51.0 Å². The number of hydrazine groups is 4. The molecule has 0 unspecified atom stereocenters. The normalized spacial score (nSPS) is 12.4. The van der Waals surface area contributed by atoms with Crippen LogP contribution in [-0.4, -0.2) is 86.8 Å². The molecule has 0 aromatic heterocycles. The minimum Gasteiger partial charge on any atom is -1.00 e. The van der Waals surface area contributed by atoms with E-state index in [2.05, 4.69) is 28.1 Å². The molecule has 62 heavy (non-hydrogen) atoms. The zero-order valence-corrected chi connectivity index (χ0v) is 40.4. The van der Waals surface area contributed by atoms with Crippen LogP contribution in [0.4, 0.5) is 24.5 Å². The molecule has 0 amide bonds. The molecular weight excluding hydrogens is 927 g/mol. The molecule has 0 aliphatic carbocycles. The van der Waals surface area contributed by atoms with Crippen LogP contribution < -0.4 is 124 Å². The van der Waals surface area contributed by atoms with Gasteiger partial charge in [0.2, 0.25) is 0 Å². The maximum atomic E-state index is 10.7. The zero-order valence-electron chi connectivity index (χ0n) is 33.6. The van der Waals surface area contributed by atoms with Gasteiger partial charge in [0.05, 0.1) is 21.2 Å². The molecule has 2 aliphatic rings. The summed E-state index contributed by atoms with van der Waals surface area (Å²) >= 11 is 5.72. The number of non-ortho nitro benzene ring substituents is 2. The fourth-order valence-electron chi connectivity index (χ4n) is 4.28. The van der Waals surface area contributed by atoms with E-state index in [9.17, 15) is 33.4 Å². The number of benzene rings is 4. The molecule has 0 radical (unpaired) electrons. The number of carbonyl (C=O) groups excluding carboxylic acids is 1. The second-order valence-electron chi connectivity index (χ2n) is 11.0. The third-order valence-electron chi connectivity index (χ3n) is 6.90. The van der Waals surface area contributed by atoms with Crippen molar-refractivity contribution in [2.75, 3.05) is 26.8 Å². The summed E-state index contributed by atoms with van der Waals surface area (Å²) in [5.41, 5.74) is 5.04. The van der Waals surface area contributed by atoms with Crippen molar-refractivity contribution in [3.63, 3.8) is 0 Å². The smallest absolute Gasteiger partial charge is 1.00 e. The minimum absolute atomic E-state index is 0. The van der Waals surface area contributed by atoms with Gasteiger partial charge in [-0.3, -0.25) is 45.1 Å². The summed E-state index contributed by atoms with van der Waals surface area (Å²) in [6.07, 6.45) is 3.93. The van der Waals surface area contributed by atoms with E-state index in [4.69, 9.17) is 44.5 Å². The summed E-state index contributed by atoms with van der Waals surface area (Å²) in [6, 6.07) is 31.7. The Morgan fingerprint density at radius 1 is 0.774 bits per heavy atom. The van der Waals surface area contributed by atoms with Crippen LogP contribution in [0.1, 0.15) is 20.0 Å². The van der Waals surface area contributed by atoms with Crippen molar-refractivity contribution in [3.05, 3.63) is 153 Å². The Morgan fingerprint density at radius 2 is 1.13 bits per heavy atom. The molecular formula is C35H39ClF3K2N8O12S-. The van der Waals surface area contributed by atoms with Crippen LogP contribution in [0.2, 0.25) is 0 Å². The summed E-state index contributed by atoms with van der Waals surface area (Å²) < 4.78 is 64.5. The SMILES string of the molecule is C.CN1NN(CCl)C=C1c1ccccc1.CN1NN(COc2ccc([N+](=O)[O-])cc2)C=C1c1ccccc1.O=CO[O-].O=S(=O)([O-])C(F)(F)F.O=[N+]([O-])c1ccc(O)cc1.[H-].[K+].[K+]. The summed E-state index contributed by atoms with van der Waals surface area (Å²) in [6.45, 7) is 0.0957. The number of phenols is 1. The molecule has 6 rings (SSSR count). The van der Waals surface area contributed by atoms with Gasteiger partial charge in [0.25, 0.3) is 17.8 Å². The summed E-state index contributed by atoms with van der Waals surface area (Å²) in [7, 11) is -2.21. The molecule has 0 bridgehead atoms. The van der Waals surface area contributed by atoms with Crippen LogP contribution in [0.5, 0.6) is 11.5 Å². The number of ether oxygens (including phenoxy) is 1. The first-order chi connectivity index (χ1) is 27.8. The molecule has 0 saturated heterocycles. The van der Waals surface area contributed by atoms with Crippen LogP contribution in [0.15, 0.2) is 122 Å². The van der Waals surface area contributed by atoms with E-state index in [-0.39, 0.29) is 142 Å². The number of nitro benzene ring substituents is 2. The van der Waals surface area contributed by atoms with Crippen LogP contribution in [-0.2, 0) is 19.8 Å². The predicted octanol–water partition coefficient (Wildman–Crippen LogP) is -1.01. The van der Waals surface area contributed by atoms with Crippen molar-refractivity contribution < 1.29 is 165 Å². The minimum atomic E-state index is -6.09. The van der Waals surface area contributed by atoms with E-state index >= 15 is 0 Å². The van der Waals surface area contributed by atoms with E-state index in [1.807, 2.05) is 90.1 Å². The molecule has 0 spiro atoms. The predicted molar refractivity (Wildman–Crippen MR) is 209 cm³/mol. The summed E-state index contributed by atoms with van der Waals surface area (Å²) in [4.78, 5) is 31.0. The average molecular weight is 966 g/mol. The number of halogens is 4. The number of hydrogen-bond donors (Lipinski definition) is 3. The Bertz CT molecular complexity index is 2130. The van der Waals surface area contributed by atoms with E-state index in [0.29, 0.717) is 11.8 Å². The van der Waals surface area contributed by atoms with E-state index in [1.54, 1.807) is 17.1 Å². The maximum absolute atomic E-state index is 10.7. The monoisotopic (exact) mass is 965 g/mol. The quantitative estimate of drug-likeness (QED) is 0.0209. The number of hydrogen-bond acceptors (Lipinski definition) is 18. The van der Waals surface area contributed by atoms with Crippen molar-refractivity contribution in [2.45, 2.75) is 12.9 Å². The number of phenolic OH excluding ortho intramolecular Hbond substituents is 1. The number of aromatic hydroxyl groups is 1. The van der Waals surface area contributed by atoms with Crippen LogP contribution >= 0.6 is 11.6 Å².